The molecule has 6 nitrogen and oxygen atoms in total. The first-order valence-electron chi connectivity index (χ1n) is 8.35. The summed E-state index contributed by atoms with van der Waals surface area (Å²) >= 11 is 6.43. The molecule has 7 heteroatoms. The van der Waals surface area contributed by atoms with Crippen molar-refractivity contribution in [2.24, 2.45) is 0 Å². The van der Waals surface area contributed by atoms with Gasteiger partial charge in [0.15, 0.2) is 16.6 Å². The molecule has 0 unspecified atom stereocenters. The normalized spacial score (nSPS) is 22.5. The molecule has 1 atom stereocenters. The first-order valence-corrected chi connectivity index (χ1v) is 8.72. The number of fused-ring (bicyclic) bond motifs is 1. The number of aromatic nitrogens is 2. The van der Waals surface area contributed by atoms with Gasteiger partial charge in [-0.05, 0) is 43.8 Å². The summed E-state index contributed by atoms with van der Waals surface area (Å²) in [4.78, 5) is 11.1. The summed E-state index contributed by atoms with van der Waals surface area (Å²) < 4.78 is 5.90. The zero-order valence-electron chi connectivity index (χ0n) is 13.3. The van der Waals surface area contributed by atoms with Gasteiger partial charge >= 0.3 is 0 Å². The van der Waals surface area contributed by atoms with Crippen molar-refractivity contribution in [1.82, 2.24) is 15.3 Å². The summed E-state index contributed by atoms with van der Waals surface area (Å²) in [7, 11) is 1.99. The van der Waals surface area contributed by atoms with Gasteiger partial charge in [0.2, 0.25) is 5.95 Å². The third-order valence-corrected chi connectivity index (χ3v) is 5.46. The van der Waals surface area contributed by atoms with Crippen LogP contribution in [0.4, 0.5) is 11.8 Å². The summed E-state index contributed by atoms with van der Waals surface area (Å²) in [6, 6.07) is 0.459. The Morgan fingerprint density at radius 3 is 2.74 bits per heavy atom. The maximum Gasteiger partial charge on any atom is 0.222 e. The highest BCUT2D eigenvalue weighted by molar-refractivity contribution is 6.31. The Kier molecular flexibility index (Phi) is 3.81. The molecule has 1 saturated carbocycles. The molecule has 2 aromatic heterocycles. The lowest BCUT2D eigenvalue weighted by atomic mass is 9.99. The number of anilines is 2. The number of nitrogens with zero attached hydrogens (tertiary/aromatic N) is 3. The minimum Gasteiger partial charge on any atom is -0.439 e. The smallest absolute Gasteiger partial charge is 0.222 e. The van der Waals surface area contributed by atoms with Crippen LogP contribution < -0.4 is 16.0 Å². The summed E-state index contributed by atoms with van der Waals surface area (Å²) in [5, 5.41) is 3.77. The lowest BCUT2D eigenvalue weighted by molar-refractivity contribution is 0.597. The maximum absolute atomic E-state index is 6.43. The van der Waals surface area contributed by atoms with Gasteiger partial charge in [-0.2, -0.15) is 4.98 Å². The number of nitrogens with one attached hydrogen (secondary N) is 1. The van der Waals surface area contributed by atoms with Crippen molar-refractivity contribution in [2.75, 3.05) is 30.8 Å². The van der Waals surface area contributed by atoms with E-state index in [1.165, 1.54) is 12.8 Å². The van der Waals surface area contributed by atoms with Crippen molar-refractivity contribution in [2.45, 2.75) is 44.1 Å². The molecule has 23 heavy (non-hydrogen) atoms. The average Bonchev–Trinajstić information content (AvgIpc) is 3.24. The third kappa shape index (κ3) is 2.54. The molecule has 2 aliphatic rings. The van der Waals surface area contributed by atoms with Gasteiger partial charge in [0.1, 0.15) is 5.52 Å². The van der Waals surface area contributed by atoms with Gasteiger partial charge in [0, 0.05) is 24.7 Å². The topological polar surface area (TPSA) is 80.2 Å². The van der Waals surface area contributed by atoms with E-state index in [0.29, 0.717) is 22.8 Å². The highest BCUT2D eigenvalue weighted by atomic mass is 35.5. The molecule has 0 amide bonds. The fourth-order valence-corrected chi connectivity index (χ4v) is 4.26. The van der Waals surface area contributed by atoms with E-state index in [9.17, 15) is 0 Å². The van der Waals surface area contributed by atoms with Crippen LogP contribution in [-0.4, -0.2) is 36.1 Å². The summed E-state index contributed by atoms with van der Waals surface area (Å²) in [6.45, 7) is 1.81. The first-order chi connectivity index (χ1) is 11.2. The number of nitrogens with two attached hydrogens (primary N) is 1. The molecule has 0 spiro atoms. The van der Waals surface area contributed by atoms with Crippen molar-refractivity contribution in [3.05, 3.63) is 10.8 Å². The predicted molar refractivity (Wildman–Crippen MR) is 92.1 cm³/mol. The van der Waals surface area contributed by atoms with Crippen LogP contribution >= 0.6 is 11.6 Å². The Morgan fingerprint density at radius 1 is 1.26 bits per heavy atom. The van der Waals surface area contributed by atoms with Crippen LogP contribution in [0, 0.1) is 0 Å². The zero-order chi connectivity index (χ0) is 16.0. The fraction of sp³-hybridized carbons (Fsp3) is 0.625. The maximum atomic E-state index is 6.43. The molecule has 0 radical (unpaired) electrons. The monoisotopic (exact) mass is 335 g/mol. The Labute approximate surface area is 140 Å². The lowest BCUT2D eigenvalue weighted by Gasteiger charge is -2.17. The molecule has 2 aromatic rings. The minimum absolute atomic E-state index is 0.289. The molecule has 1 aliphatic carbocycles. The standard InChI is InChI=1S/C16H22ClN5O/c1-19-10-6-7-22(8-10)15-13-12(20-16(18)21-15)11(14(17)23-13)9-4-2-3-5-9/h9-10,19H,2-8H2,1H3,(H2,18,20,21)/t10-/m1/s1. The Morgan fingerprint density at radius 2 is 2.04 bits per heavy atom. The number of rotatable bonds is 3. The molecule has 4 rings (SSSR count). The van der Waals surface area contributed by atoms with Crippen LogP contribution in [0.2, 0.25) is 5.22 Å². The second kappa shape index (κ2) is 5.83. The zero-order valence-corrected chi connectivity index (χ0v) is 14.1. The summed E-state index contributed by atoms with van der Waals surface area (Å²) in [6.07, 6.45) is 5.82. The molecule has 2 fully saturated rings. The van der Waals surface area contributed by atoms with E-state index < -0.39 is 0 Å². The summed E-state index contributed by atoms with van der Waals surface area (Å²) in [5.41, 5.74) is 8.50. The highest BCUT2D eigenvalue weighted by Crippen LogP contribution is 2.44. The number of hydrogen-bond acceptors (Lipinski definition) is 6. The Hall–Kier alpha value is -1.53. The quantitative estimate of drug-likeness (QED) is 0.897. The molecule has 1 aliphatic heterocycles. The van der Waals surface area contributed by atoms with Crippen LogP contribution in [-0.2, 0) is 0 Å². The molecule has 0 aromatic carbocycles. The van der Waals surface area contributed by atoms with Crippen molar-refractivity contribution in [3.63, 3.8) is 0 Å². The van der Waals surface area contributed by atoms with Gasteiger partial charge < -0.3 is 20.4 Å². The number of furan rings is 1. The van der Waals surface area contributed by atoms with Gasteiger partial charge in [-0.25, -0.2) is 4.98 Å². The van der Waals surface area contributed by atoms with Crippen LogP contribution in [0.15, 0.2) is 4.42 Å². The van der Waals surface area contributed by atoms with E-state index >= 15 is 0 Å². The number of hydrogen-bond donors (Lipinski definition) is 2. The van der Waals surface area contributed by atoms with Crippen molar-refractivity contribution < 1.29 is 4.42 Å². The molecular formula is C16H22ClN5O. The van der Waals surface area contributed by atoms with Crippen molar-refractivity contribution in [3.8, 4) is 0 Å². The van der Waals surface area contributed by atoms with E-state index in [4.69, 9.17) is 21.8 Å². The molecule has 3 heterocycles. The number of halogens is 1. The Bertz CT molecular complexity index is 725. The fourth-order valence-electron chi connectivity index (χ4n) is 3.94. The van der Waals surface area contributed by atoms with Crippen molar-refractivity contribution >= 4 is 34.5 Å². The molecule has 0 bridgehead atoms. The van der Waals surface area contributed by atoms with Crippen LogP contribution in [0.1, 0.15) is 43.6 Å². The minimum atomic E-state index is 0.289. The SMILES string of the molecule is CN[C@@H]1CCN(c2nc(N)nc3c(C4CCCC4)c(Cl)oc23)C1. The molecule has 3 N–H and O–H groups in total. The lowest BCUT2D eigenvalue weighted by Crippen LogP contribution is -2.30. The van der Waals surface area contributed by atoms with Gasteiger partial charge in [0.25, 0.3) is 0 Å². The largest absolute Gasteiger partial charge is 0.439 e. The first kappa shape index (κ1) is 15.0. The second-order valence-electron chi connectivity index (χ2n) is 6.57. The van der Waals surface area contributed by atoms with Gasteiger partial charge in [-0.15, -0.1) is 0 Å². The second-order valence-corrected chi connectivity index (χ2v) is 6.92. The molecule has 124 valence electrons. The van der Waals surface area contributed by atoms with E-state index in [1.54, 1.807) is 0 Å². The van der Waals surface area contributed by atoms with Gasteiger partial charge in [-0.3, -0.25) is 0 Å². The third-order valence-electron chi connectivity index (χ3n) is 5.18. The summed E-state index contributed by atoms with van der Waals surface area (Å²) in [5.74, 6) is 1.49. The predicted octanol–water partition coefficient (Wildman–Crippen LogP) is 2.91. The number of nitrogen functional groups attached to an aromatic ring is 1. The van der Waals surface area contributed by atoms with E-state index in [-0.39, 0.29) is 5.95 Å². The number of likely N-dealkylation sites (N-methyl/N-ethyl adjacent to an activating group) is 1. The Balaban J connectivity index is 1.81. The van der Waals surface area contributed by atoms with Crippen molar-refractivity contribution in [1.29, 1.82) is 0 Å². The van der Waals surface area contributed by atoms with E-state index in [1.807, 2.05) is 7.05 Å². The van der Waals surface area contributed by atoms with E-state index in [0.717, 1.165) is 49.2 Å². The highest BCUT2D eigenvalue weighted by Gasteiger charge is 2.31. The molecule has 1 saturated heterocycles. The van der Waals surface area contributed by atoms with Gasteiger partial charge in [-0.1, -0.05) is 12.8 Å². The van der Waals surface area contributed by atoms with E-state index in [2.05, 4.69) is 20.2 Å². The average molecular weight is 336 g/mol. The van der Waals surface area contributed by atoms with Crippen LogP contribution in [0.25, 0.3) is 11.1 Å². The molecular weight excluding hydrogens is 314 g/mol. The van der Waals surface area contributed by atoms with Gasteiger partial charge in [0.05, 0.1) is 0 Å². The van der Waals surface area contributed by atoms with Crippen LogP contribution in [0.5, 0.6) is 0 Å². The van der Waals surface area contributed by atoms with Crippen LogP contribution in [0.3, 0.4) is 0 Å².